The summed E-state index contributed by atoms with van der Waals surface area (Å²) in [5.74, 6) is -0.993. The van der Waals surface area contributed by atoms with Crippen LogP contribution in [0.3, 0.4) is 0 Å². The topological polar surface area (TPSA) is 88.4 Å². The summed E-state index contributed by atoms with van der Waals surface area (Å²) in [5.41, 5.74) is -0.0300. The Kier molecular flexibility index (Phi) is 4.99. The lowest BCUT2D eigenvalue weighted by atomic mass is 10.1. The van der Waals surface area contributed by atoms with Crippen molar-refractivity contribution in [3.8, 4) is 0 Å². The predicted molar refractivity (Wildman–Crippen MR) is 76.4 cm³/mol. The standard InChI is InChI=1S/C13H22N2O4S/c1-8(2)10(5)14-20(18,19)11-6-12(13(16)17)15(7-11)9(3)4/h6-10,14H,1-5H3,(H,16,17). The largest absolute Gasteiger partial charge is 0.477 e. The van der Waals surface area contributed by atoms with Gasteiger partial charge in [-0.2, -0.15) is 0 Å². The van der Waals surface area contributed by atoms with Gasteiger partial charge in [0.15, 0.2) is 0 Å². The minimum atomic E-state index is -3.71. The van der Waals surface area contributed by atoms with E-state index in [1.165, 1.54) is 16.8 Å². The van der Waals surface area contributed by atoms with Gasteiger partial charge in [0.25, 0.3) is 0 Å². The molecule has 7 heteroatoms. The highest BCUT2D eigenvalue weighted by molar-refractivity contribution is 7.89. The molecule has 1 heterocycles. The van der Waals surface area contributed by atoms with Crippen molar-refractivity contribution in [2.45, 2.75) is 51.6 Å². The number of nitrogens with one attached hydrogen (secondary N) is 1. The average Bonchev–Trinajstić information content (AvgIpc) is 2.73. The van der Waals surface area contributed by atoms with Crippen LogP contribution in [0.15, 0.2) is 17.2 Å². The van der Waals surface area contributed by atoms with Gasteiger partial charge < -0.3 is 9.67 Å². The lowest BCUT2D eigenvalue weighted by Gasteiger charge is -2.16. The molecule has 0 fully saturated rings. The maximum Gasteiger partial charge on any atom is 0.352 e. The maximum atomic E-state index is 12.2. The molecule has 0 radical (unpaired) electrons. The molecular formula is C13H22N2O4S. The first-order chi connectivity index (χ1) is 9.06. The van der Waals surface area contributed by atoms with E-state index in [0.29, 0.717) is 0 Å². The van der Waals surface area contributed by atoms with E-state index in [4.69, 9.17) is 5.11 Å². The highest BCUT2D eigenvalue weighted by Gasteiger charge is 2.24. The van der Waals surface area contributed by atoms with Gasteiger partial charge in [-0.15, -0.1) is 0 Å². The van der Waals surface area contributed by atoms with Crippen molar-refractivity contribution >= 4 is 16.0 Å². The minimum Gasteiger partial charge on any atom is -0.477 e. The summed E-state index contributed by atoms with van der Waals surface area (Å²) in [6.07, 6.45) is 1.36. The Morgan fingerprint density at radius 3 is 2.15 bits per heavy atom. The smallest absolute Gasteiger partial charge is 0.352 e. The van der Waals surface area contributed by atoms with Crippen LogP contribution in [-0.4, -0.2) is 30.1 Å². The van der Waals surface area contributed by atoms with Crippen LogP contribution >= 0.6 is 0 Å². The summed E-state index contributed by atoms with van der Waals surface area (Å²) < 4.78 is 28.5. The van der Waals surface area contributed by atoms with E-state index in [1.807, 2.05) is 13.8 Å². The highest BCUT2D eigenvalue weighted by atomic mass is 32.2. The van der Waals surface area contributed by atoms with Gasteiger partial charge in [0.1, 0.15) is 10.6 Å². The zero-order valence-electron chi connectivity index (χ0n) is 12.4. The van der Waals surface area contributed by atoms with Crippen LogP contribution in [0, 0.1) is 5.92 Å². The number of carboxylic acid groups (broad SMARTS) is 1. The van der Waals surface area contributed by atoms with Gasteiger partial charge in [-0.3, -0.25) is 0 Å². The van der Waals surface area contributed by atoms with Gasteiger partial charge in [0.05, 0.1) is 0 Å². The van der Waals surface area contributed by atoms with Crippen LogP contribution in [0.4, 0.5) is 0 Å². The number of carbonyl (C=O) groups is 1. The van der Waals surface area contributed by atoms with Crippen LogP contribution in [-0.2, 0) is 10.0 Å². The monoisotopic (exact) mass is 302 g/mol. The van der Waals surface area contributed by atoms with E-state index in [0.717, 1.165) is 0 Å². The predicted octanol–water partition coefficient (Wildman–Crippen LogP) is 2.09. The van der Waals surface area contributed by atoms with E-state index in [2.05, 4.69) is 4.72 Å². The summed E-state index contributed by atoms with van der Waals surface area (Å²) in [7, 11) is -3.71. The quantitative estimate of drug-likeness (QED) is 0.842. The summed E-state index contributed by atoms with van der Waals surface area (Å²) in [4.78, 5) is 11.1. The third kappa shape index (κ3) is 3.61. The summed E-state index contributed by atoms with van der Waals surface area (Å²) in [6.45, 7) is 9.20. The first-order valence-electron chi connectivity index (χ1n) is 6.53. The summed E-state index contributed by atoms with van der Waals surface area (Å²) >= 11 is 0. The first kappa shape index (κ1) is 16.7. The molecule has 0 aromatic carbocycles. The second-order valence-corrected chi connectivity index (χ2v) is 7.24. The van der Waals surface area contributed by atoms with Gasteiger partial charge in [-0.1, -0.05) is 13.8 Å². The zero-order valence-corrected chi connectivity index (χ0v) is 13.2. The van der Waals surface area contributed by atoms with Crippen molar-refractivity contribution in [2.75, 3.05) is 0 Å². The van der Waals surface area contributed by atoms with Crippen molar-refractivity contribution < 1.29 is 18.3 Å². The van der Waals surface area contributed by atoms with Crippen LogP contribution < -0.4 is 4.72 Å². The van der Waals surface area contributed by atoms with Crippen molar-refractivity contribution in [2.24, 2.45) is 5.92 Å². The molecule has 0 bridgehead atoms. The van der Waals surface area contributed by atoms with Crippen molar-refractivity contribution in [1.82, 2.24) is 9.29 Å². The molecule has 0 saturated heterocycles. The number of hydrogen-bond donors (Lipinski definition) is 2. The molecule has 0 aliphatic carbocycles. The molecule has 20 heavy (non-hydrogen) atoms. The molecule has 1 unspecified atom stereocenters. The number of hydrogen-bond acceptors (Lipinski definition) is 3. The van der Waals surface area contributed by atoms with E-state index >= 15 is 0 Å². The molecular weight excluding hydrogens is 280 g/mol. The average molecular weight is 302 g/mol. The lowest BCUT2D eigenvalue weighted by Crippen LogP contribution is -2.35. The number of nitrogens with zero attached hydrogens (tertiary/aromatic N) is 1. The minimum absolute atomic E-state index is 0.0175. The molecule has 0 aliphatic rings. The Morgan fingerprint density at radius 2 is 1.80 bits per heavy atom. The maximum absolute atomic E-state index is 12.2. The van der Waals surface area contributed by atoms with E-state index in [9.17, 15) is 13.2 Å². The van der Waals surface area contributed by atoms with Crippen molar-refractivity contribution in [3.63, 3.8) is 0 Å². The Balaban J connectivity index is 3.20. The molecule has 1 atom stereocenters. The first-order valence-corrected chi connectivity index (χ1v) is 8.02. The van der Waals surface area contributed by atoms with E-state index in [1.54, 1.807) is 20.8 Å². The van der Waals surface area contributed by atoms with Crippen LogP contribution in [0.5, 0.6) is 0 Å². The van der Waals surface area contributed by atoms with Gasteiger partial charge in [0, 0.05) is 18.3 Å². The number of rotatable bonds is 6. The second kappa shape index (κ2) is 5.97. The van der Waals surface area contributed by atoms with Crippen LogP contribution in [0.1, 0.15) is 51.1 Å². The molecule has 6 nitrogen and oxygen atoms in total. The summed E-state index contributed by atoms with van der Waals surface area (Å²) in [5, 5.41) is 9.13. The van der Waals surface area contributed by atoms with Gasteiger partial charge >= 0.3 is 5.97 Å². The fourth-order valence-electron chi connectivity index (χ4n) is 1.65. The molecule has 1 aromatic rings. The van der Waals surface area contributed by atoms with E-state index < -0.39 is 16.0 Å². The molecule has 2 N–H and O–H groups in total. The number of sulfonamides is 1. The van der Waals surface area contributed by atoms with Crippen molar-refractivity contribution in [1.29, 1.82) is 0 Å². The highest BCUT2D eigenvalue weighted by Crippen LogP contribution is 2.19. The summed E-state index contributed by atoms with van der Waals surface area (Å²) in [6, 6.07) is 0.834. The molecule has 0 spiro atoms. The zero-order chi connectivity index (χ0) is 15.7. The molecule has 1 aromatic heterocycles. The molecule has 114 valence electrons. The third-order valence-corrected chi connectivity index (χ3v) is 4.78. The lowest BCUT2D eigenvalue weighted by molar-refractivity contribution is 0.0683. The van der Waals surface area contributed by atoms with Gasteiger partial charge in [-0.25, -0.2) is 17.9 Å². The number of aromatic carboxylic acids is 1. The van der Waals surface area contributed by atoms with Crippen LogP contribution in [0.25, 0.3) is 0 Å². The Morgan fingerprint density at radius 1 is 1.25 bits per heavy atom. The Bertz CT molecular complexity index is 588. The van der Waals surface area contributed by atoms with Crippen LogP contribution in [0.2, 0.25) is 0 Å². The molecule has 1 rings (SSSR count). The molecule has 0 aliphatic heterocycles. The normalized spacial score (nSPS) is 13.9. The number of carboxylic acids is 1. The number of aromatic nitrogens is 1. The van der Waals surface area contributed by atoms with E-state index in [-0.39, 0.29) is 28.6 Å². The Labute approximate surface area is 119 Å². The van der Waals surface area contributed by atoms with Gasteiger partial charge in [0.2, 0.25) is 10.0 Å². The second-order valence-electron chi connectivity index (χ2n) is 5.52. The Hall–Kier alpha value is -1.34. The SMILES string of the molecule is CC(C)C(C)NS(=O)(=O)c1cc(C(=O)O)n(C(C)C)c1. The molecule has 0 amide bonds. The third-order valence-electron chi connectivity index (χ3n) is 3.25. The fourth-order valence-corrected chi connectivity index (χ4v) is 3.07. The molecule has 0 saturated carbocycles. The van der Waals surface area contributed by atoms with Crippen molar-refractivity contribution in [3.05, 3.63) is 18.0 Å². The van der Waals surface area contributed by atoms with Gasteiger partial charge in [-0.05, 0) is 32.8 Å². The fraction of sp³-hybridized carbons (Fsp3) is 0.615.